The SMILES string of the molecule is CCN(Cc1ccccc1)c1ccc(C(=O)c2cc(C(=O)OC(C)C)ccc2C(=O)O)c(O)c1. The Morgan fingerprint density at radius 3 is 2.18 bits per heavy atom. The van der Waals surface area contributed by atoms with Gasteiger partial charge in [0.15, 0.2) is 5.78 Å². The van der Waals surface area contributed by atoms with Gasteiger partial charge in [-0.25, -0.2) is 9.59 Å². The van der Waals surface area contributed by atoms with Gasteiger partial charge in [-0.2, -0.15) is 0 Å². The number of phenolic OH excluding ortho intramolecular Hbond substituents is 1. The number of ether oxygens (including phenoxy) is 1. The van der Waals surface area contributed by atoms with Crippen molar-refractivity contribution in [1.82, 2.24) is 0 Å². The van der Waals surface area contributed by atoms with E-state index in [2.05, 4.69) is 0 Å². The molecule has 34 heavy (non-hydrogen) atoms. The van der Waals surface area contributed by atoms with Crippen LogP contribution in [-0.4, -0.2) is 40.6 Å². The molecule has 3 aromatic carbocycles. The van der Waals surface area contributed by atoms with Gasteiger partial charge in [-0.3, -0.25) is 4.79 Å². The summed E-state index contributed by atoms with van der Waals surface area (Å²) in [5, 5.41) is 20.2. The average Bonchev–Trinajstić information content (AvgIpc) is 2.81. The van der Waals surface area contributed by atoms with Crippen molar-refractivity contribution < 1.29 is 29.3 Å². The van der Waals surface area contributed by atoms with Gasteiger partial charge in [0.25, 0.3) is 0 Å². The third kappa shape index (κ3) is 5.61. The third-order valence-corrected chi connectivity index (χ3v) is 5.26. The Morgan fingerprint density at radius 1 is 0.912 bits per heavy atom. The molecule has 0 heterocycles. The quantitative estimate of drug-likeness (QED) is 0.344. The first-order valence-corrected chi connectivity index (χ1v) is 11.0. The van der Waals surface area contributed by atoms with Crippen LogP contribution >= 0.6 is 0 Å². The molecule has 0 fully saturated rings. The number of ketones is 1. The van der Waals surface area contributed by atoms with E-state index in [1.165, 1.54) is 30.3 Å². The number of carbonyl (C=O) groups is 3. The summed E-state index contributed by atoms with van der Waals surface area (Å²) < 4.78 is 5.15. The first-order chi connectivity index (χ1) is 16.2. The average molecular weight is 462 g/mol. The highest BCUT2D eigenvalue weighted by molar-refractivity contribution is 6.16. The van der Waals surface area contributed by atoms with E-state index in [0.717, 1.165) is 5.56 Å². The Hall–Kier alpha value is -4.13. The third-order valence-electron chi connectivity index (χ3n) is 5.26. The van der Waals surface area contributed by atoms with E-state index < -0.39 is 17.7 Å². The summed E-state index contributed by atoms with van der Waals surface area (Å²) in [6.45, 7) is 6.65. The topological polar surface area (TPSA) is 104 Å². The Kier molecular flexibility index (Phi) is 7.68. The van der Waals surface area contributed by atoms with E-state index >= 15 is 0 Å². The number of rotatable bonds is 9. The minimum absolute atomic E-state index is 0.0539. The van der Waals surface area contributed by atoms with Crippen LogP contribution in [0.15, 0.2) is 66.7 Å². The van der Waals surface area contributed by atoms with Crippen molar-refractivity contribution in [2.75, 3.05) is 11.4 Å². The van der Waals surface area contributed by atoms with Crippen LogP contribution in [0.3, 0.4) is 0 Å². The second-order valence-corrected chi connectivity index (χ2v) is 8.05. The van der Waals surface area contributed by atoms with Crippen LogP contribution in [-0.2, 0) is 11.3 Å². The van der Waals surface area contributed by atoms with Gasteiger partial charge < -0.3 is 19.8 Å². The maximum atomic E-state index is 13.2. The Bertz CT molecular complexity index is 1200. The van der Waals surface area contributed by atoms with Crippen LogP contribution in [0.1, 0.15) is 63.0 Å². The fraction of sp³-hybridized carbons (Fsp3) is 0.222. The zero-order valence-electron chi connectivity index (χ0n) is 19.3. The summed E-state index contributed by atoms with van der Waals surface area (Å²) in [5.41, 5.74) is 1.34. The second-order valence-electron chi connectivity index (χ2n) is 8.05. The van der Waals surface area contributed by atoms with Gasteiger partial charge in [-0.1, -0.05) is 30.3 Å². The normalized spacial score (nSPS) is 10.7. The zero-order chi connectivity index (χ0) is 24.8. The molecule has 0 spiro atoms. The van der Waals surface area contributed by atoms with Crippen molar-refractivity contribution >= 4 is 23.4 Å². The van der Waals surface area contributed by atoms with Crippen molar-refractivity contribution in [2.24, 2.45) is 0 Å². The van der Waals surface area contributed by atoms with E-state index in [1.54, 1.807) is 19.9 Å². The summed E-state index contributed by atoms with van der Waals surface area (Å²) in [5.74, 6) is -2.96. The number of hydrogen-bond acceptors (Lipinski definition) is 6. The molecule has 0 amide bonds. The molecule has 0 saturated carbocycles. The van der Waals surface area contributed by atoms with Gasteiger partial charge in [0.05, 0.1) is 22.8 Å². The van der Waals surface area contributed by atoms with Crippen LogP contribution in [0.5, 0.6) is 5.75 Å². The summed E-state index contributed by atoms with van der Waals surface area (Å²) in [4.78, 5) is 39.3. The van der Waals surface area contributed by atoms with E-state index in [9.17, 15) is 24.6 Å². The van der Waals surface area contributed by atoms with Crippen LogP contribution in [0.25, 0.3) is 0 Å². The number of phenols is 1. The molecule has 0 atom stereocenters. The summed E-state index contributed by atoms with van der Waals surface area (Å²) in [6, 6.07) is 18.2. The fourth-order valence-electron chi connectivity index (χ4n) is 3.57. The minimum atomic E-state index is -1.32. The van der Waals surface area contributed by atoms with Crippen LogP contribution in [0, 0.1) is 0 Å². The zero-order valence-corrected chi connectivity index (χ0v) is 19.3. The van der Waals surface area contributed by atoms with Crippen molar-refractivity contribution in [2.45, 2.75) is 33.4 Å². The number of carboxylic acids is 1. The van der Waals surface area contributed by atoms with Gasteiger partial charge in [0.1, 0.15) is 5.75 Å². The van der Waals surface area contributed by atoms with Crippen molar-refractivity contribution in [1.29, 1.82) is 0 Å². The molecule has 0 aliphatic carbocycles. The number of nitrogens with zero attached hydrogens (tertiary/aromatic N) is 1. The molecule has 2 N–H and O–H groups in total. The molecule has 0 unspecified atom stereocenters. The molecule has 7 nitrogen and oxygen atoms in total. The lowest BCUT2D eigenvalue weighted by molar-refractivity contribution is 0.0377. The predicted molar refractivity (Wildman–Crippen MR) is 129 cm³/mol. The summed E-state index contributed by atoms with van der Waals surface area (Å²) in [6.07, 6.45) is -0.375. The van der Waals surface area contributed by atoms with E-state index in [4.69, 9.17) is 4.74 Å². The second kappa shape index (κ2) is 10.7. The molecule has 7 heteroatoms. The molecule has 3 aromatic rings. The summed E-state index contributed by atoms with van der Waals surface area (Å²) in [7, 11) is 0. The monoisotopic (exact) mass is 461 g/mol. The predicted octanol–water partition coefficient (Wildman–Crippen LogP) is 4.91. The maximum absolute atomic E-state index is 13.2. The van der Waals surface area contributed by atoms with Gasteiger partial charge in [-0.05, 0) is 56.7 Å². The summed E-state index contributed by atoms with van der Waals surface area (Å²) >= 11 is 0. The highest BCUT2D eigenvalue weighted by Gasteiger charge is 2.23. The number of carbonyl (C=O) groups excluding carboxylic acids is 2. The van der Waals surface area contributed by atoms with Gasteiger partial charge in [0, 0.05) is 30.4 Å². The molecular weight excluding hydrogens is 434 g/mol. The lowest BCUT2D eigenvalue weighted by Crippen LogP contribution is -2.22. The number of hydrogen-bond donors (Lipinski definition) is 2. The highest BCUT2D eigenvalue weighted by atomic mass is 16.5. The van der Waals surface area contributed by atoms with Crippen LogP contribution in [0.4, 0.5) is 5.69 Å². The van der Waals surface area contributed by atoms with Gasteiger partial charge in [-0.15, -0.1) is 0 Å². The first kappa shape index (κ1) is 24.5. The van der Waals surface area contributed by atoms with Crippen molar-refractivity contribution in [3.8, 4) is 5.75 Å². The van der Waals surface area contributed by atoms with E-state index in [0.29, 0.717) is 18.8 Å². The molecule has 0 aliphatic rings. The van der Waals surface area contributed by atoms with E-state index in [-0.39, 0.29) is 34.1 Å². The molecular formula is C27H27NO6. The maximum Gasteiger partial charge on any atom is 0.338 e. The molecule has 0 radical (unpaired) electrons. The largest absolute Gasteiger partial charge is 0.507 e. The molecule has 0 saturated heterocycles. The van der Waals surface area contributed by atoms with Crippen LogP contribution in [0.2, 0.25) is 0 Å². The van der Waals surface area contributed by atoms with Crippen molar-refractivity contribution in [3.63, 3.8) is 0 Å². The Balaban J connectivity index is 1.95. The van der Waals surface area contributed by atoms with Gasteiger partial charge in [0.2, 0.25) is 0 Å². The molecule has 0 aromatic heterocycles. The van der Waals surface area contributed by atoms with Crippen molar-refractivity contribution in [3.05, 3.63) is 94.5 Å². The van der Waals surface area contributed by atoms with Crippen LogP contribution < -0.4 is 4.90 Å². The molecule has 3 rings (SSSR count). The lowest BCUT2D eigenvalue weighted by atomic mass is 9.95. The smallest absolute Gasteiger partial charge is 0.338 e. The number of esters is 1. The standard InChI is InChI=1S/C27H27NO6/c1-4-28(16-18-8-6-5-7-9-18)20-11-13-22(24(29)15-20)25(30)23-14-19(27(33)34-17(2)3)10-12-21(23)26(31)32/h5-15,17,29H,4,16H2,1-3H3,(H,31,32). The molecule has 0 aliphatic heterocycles. The number of aromatic carboxylic acids is 1. The highest BCUT2D eigenvalue weighted by Crippen LogP contribution is 2.29. The first-order valence-electron chi connectivity index (χ1n) is 11.0. The number of aromatic hydroxyl groups is 1. The number of anilines is 1. The number of carboxylic acid groups (broad SMARTS) is 1. The van der Waals surface area contributed by atoms with Gasteiger partial charge >= 0.3 is 11.9 Å². The fourth-order valence-corrected chi connectivity index (χ4v) is 3.57. The molecule has 0 bridgehead atoms. The Labute approximate surface area is 198 Å². The lowest BCUT2D eigenvalue weighted by Gasteiger charge is -2.24. The molecule has 176 valence electrons. The van der Waals surface area contributed by atoms with E-state index in [1.807, 2.05) is 42.2 Å². The minimum Gasteiger partial charge on any atom is -0.507 e. The Morgan fingerprint density at radius 2 is 1.59 bits per heavy atom. The number of benzene rings is 3.